The molecule has 0 atom stereocenters. The molecule has 146 valence electrons. The van der Waals surface area contributed by atoms with Crippen molar-refractivity contribution in [3.8, 4) is 5.75 Å². The molecule has 0 aliphatic rings. The molecule has 0 fully saturated rings. The third kappa shape index (κ3) is 7.69. The highest BCUT2D eigenvalue weighted by Crippen LogP contribution is 2.15. The Morgan fingerprint density at radius 3 is 2.32 bits per heavy atom. The number of nitrogens with zero attached hydrogens (tertiary/aromatic N) is 1. The van der Waals surface area contributed by atoms with Gasteiger partial charge >= 0.3 is 11.9 Å². The van der Waals surface area contributed by atoms with Gasteiger partial charge in [-0.05, 0) is 48.7 Å². The van der Waals surface area contributed by atoms with Crippen LogP contribution in [0.5, 0.6) is 5.75 Å². The summed E-state index contributed by atoms with van der Waals surface area (Å²) in [4.78, 5) is 37.7. The van der Waals surface area contributed by atoms with Crippen molar-refractivity contribution in [2.45, 2.75) is 12.8 Å². The van der Waals surface area contributed by atoms with Crippen LogP contribution < -0.4 is 4.74 Å². The van der Waals surface area contributed by atoms with E-state index in [0.717, 1.165) is 5.56 Å². The van der Waals surface area contributed by atoms with E-state index in [9.17, 15) is 19.7 Å². The molecule has 0 aliphatic carbocycles. The molecular formula is C20H19NO7. The average molecular weight is 385 g/mol. The third-order valence-corrected chi connectivity index (χ3v) is 3.49. The lowest BCUT2D eigenvalue weighted by molar-refractivity contribution is -0.757. The second-order valence-electron chi connectivity index (χ2n) is 5.59. The van der Waals surface area contributed by atoms with Gasteiger partial charge in [-0.1, -0.05) is 30.3 Å². The number of ether oxygens (including phenoxy) is 2. The molecule has 0 amide bonds. The summed E-state index contributed by atoms with van der Waals surface area (Å²) in [5.74, 6) is -0.573. The SMILES string of the molecule is O=C(C=Cc1ccc(OC(=O)c2ccccc2)cc1)OCCCCO[N+](=O)[O-]. The zero-order chi connectivity index (χ0) is 20.2. The molecule has 0 radical (unpaired) electrons. The van der Waals surface area contributed by atoms with Crippen molar-refractivity contribution in [1.82, 2.24) is 0 Å². The van der Waals surface area contributed by atoms with Gasteiger partial charge in [0, 0.05) is 6.08 Å². The fourth-order valence-electron chi connectivity index (χ4n) is 2.12. The van der Waals surface area contributed by atoms with Crippen LogP contribution in [-0.4, -0.2) is 30.2 Å². The summed E-state index contributed by atoms with van der Waals surface area (Å²) in [6.45, 7) is 0.125. The van der Waals surface area contributed by atoms with Crippen molar-refractivity contribution in [3.05, 3.63) is 81.9 Å². The van der Waals surface area contributed by atoms with Gasteiger partial charge in [-0.3, -0.25) is 0 Å². The molecular weight excluding hydrogens is 366 g/mol. The molecule has 0 saturated heterocycles. The topological polar surface area (TPSA) is 105 Å². The Kier molecular flexibility index (Phi) is 8.19. The molecule has 0 aromatic heterocycles. The Morgan fingerprint density at radius 2 is 1.64 bits per heavy atom. The van der Waals surface area contributed by atoms with E-state index in [0.29, 0.717) is 24.2 Å². The Bertz CT molecular complexity index is 816. The summed E-state index contributed by atoms with van der Waals surface area (Å²) in [7, 11) is 0. The number of carbonyl (C=O) groups excluding carboxylic acids is 2. The van der Waals surface area contributed by atoms with E-state index in [1.165, 1.54) is 6.08 Å². The van der Waals surface area contributed by atoms with Crippen molar-refractivity contribution in [3.63, 3.8) is 0 Å². The van der Waals surface area contributed by atoms with Crippen molar-refractivity contribution >= 4 is 18.0 Å². The van der Waals surface area contributed by atoms with Gasteiger partial charge in [0.05, 0.1) is 18.8 Å². The Morgan fingerprint density at radius 1 is 0.964 bits per heavy atom. The molecule has 0 unspecified atom stereocenters. The first-order valence-corrected chi connectivity index (χ1v) is 8.54. The van der Waals surface area contributed by atoms with Gasteiger partial charge in [0.25, 0.3) is 5.09 Å². The maximum absolute atomic E-state index is 12.0. The first-order valence-electron chi connectivity index (χ1n) is 8.54. The van der Waals surface area contributed by atoms with Gasteiger partial charge in [-0.15, -0.1) is 10.1 Å². The van der Waals surface area contributed by atoms with Crippen LogP contribution in [0.4, 0.5) is 0 Å². The summed E-state index contributed by atoms with van der Waals surface area (Å²) in [5, 5.41) is 9.10. The number of esters is 2. The molecule has 28 heavy (non-hydrogen) atoms. The summed E-state index contributed by atoms with van der Waals surface area (Å²) >= 11 is 0. The lowest BCUT2D eigenvalue weighted by atomic mass is 10.2. The summed E-state index contributed by atoms with van der Waals surface area (Å²) in [5.41, 5.74) is 1.19. The Hall–Kier alpha value is -3.68. The van der Waals surface area contributed by atoms with Gasteiger partial charge in [0.15, 0.2) is 0 Å². The number of hydrogen-bond donors (Lipinski definition) is 0. The predicted octanol–water partition coefficient (Wildman–Crippen LogP) is 3.45. The Labute approximate surface area is 161 Å². The zero-order valence-corrected chi connectivity index (χ0v) is 15.0. The highest BCUT2D eigenvalue weighted by Gasteiger charge is 2.07. The van der Waals surface area contributed by atoms with Crippen molar-refractivity contribution in [1.29, 1.82) is 0 Å². The van der Waals surface area contributed by atoms with E-state index in [2.05, 4.69) is 4.84 Å². The van der Waals surface area contributed by atoms with Gasteiger partial charge in [0.1, 0.15) is 5.75 Å². The van der Waals surface area contributed by atoms with Crippen molar-refractivity contribution in [2.75, 3.05) is 13.2 Å². The quantitative estimate of drug-likeness (QED) is 0.154. The minimum absolute atomic E-state index is 0.0262. The second-order valence-corrected chi connectivity index (χ2v) is 5.59. The lowest BCUT2D eigenvalue weighted by Crippen LogP contribution is -2.07. The van der Waals surface area contributed by atoms with E-state index < -0.39 is 17.0 Å². The third-order valence-electron chi connectivity index (χ3n) is 3.49. The van der Waals surface area contributed by atoms with E-state index in [4.69, 9.17) is 9.47 Å². The minimum Gasteiger partial charge on any atom is -0.463 e. The summed E-state index contributed by atoms with van der Waals surface area (Å²) in [6.07, 6.45) is 3.73. The van der Waals surface area contributed by atoms with Crippen LogP contribution in [0.15, 0.2) is 60.7 Å². The van der Waals surface area contributed by atoms with Crippen molar-refractivity contribution < 1.29 is 29.0 Å². The molecule has 0 saturated carbocycles. The van der Waals surface area contributed by atoms with Gasteiger partial charge < -0.3 is 14.3 Å². The van der Waals surface area contributed by atoms with Crippen LogP contribution in [0.1, 0.15) is 28.8 Å². The molecule has 8 heteroatoms. The van der Waals surface area contributed by atoms with Crippen LogP contribution in [0, 0.1) is 10.1 Å². The largest absolute Gasteiger partial charge is 0.463 e. The number of hydrogen-bond acceptors (Lipinski definition) is 7. The molecule has 0 aliphatic heterocycles. The molecule has 0 heterocycles. The van der Waals surface area contributed by atoms with Crippen LogP contribution in [0.3, 0.4) is 0 Å². The second kappa shape index (κ2) is 11.1. The maximum Gasteiger partial charge on any atom is 0.343 e. The van der Waals surface area contributed by atoms with E-state index in [1.54, 1.807) is 54.6 Å². The fourth-order valence-corrected chi connectivity index (χ4v) is 2.12. The predicted molar refractivity (Wildman–Crippen MR) is 100 cm³/mol. The molecule has 8 nitrogen and oxygen atoms in total. The van der Waals surface area contributed by atoms with Gasteiger partial charge in [0.2, 0.25) is 0 Å². The standard InChI is InChI=1S/C20H19NO7/c22-19(26-14-4-5-15-27-21(24)25)13-10-16-8-11-18(12-9-16)28-20(23)17-6-2-1-3-7-17/h1-3,6-13H,4-5,14-15H2. The summed E-state index contributed by atoms with van der Waals surface area (Å²) < 4.78 is 10.2. The average Bonchev–Trinajstić information content (AvgIpc) is 2.70. The molecule has 2 aromatic rings. The fraction of sp³-hybridized carbons (Fsp3) is 0.200. The first-order chi connectivity index (χ1) is 13.5. The number of unbranched alkanes of at least 4 members (excludes halogenated alkanes) is 1. The van der Waals surface area contributed by atoms with E-state index in [1.807, 2.05) is 6.07 Å². The maximum atomic E-state index is 12.0. The highest BCUT2D eigenvalue weighted by atomic mass is 16.9. The number of rotatable bonds is 10. The van der Waals surface area contributed by atoms with Crippen molar-refractivity contribution in [2.24, 2.45) is 0 Å². The first kappa shape index (κ1) is 20.6. The highest BCUT2D eigenvalue weighted by molar-refractivity contribution is 5.91. The molecule has 0 spiro atoms. The molecule has 0 bridgehead atoms. The van der Waals surface area contributed by atoms with Crippen LogP contribution in [-0.2, 0) is 14.4 Å². The van der Waals surface area contributed by atoms with Crippen LogP contribution in [0.25, 0.3) is 6.08 Å². The van der Waals surface area contributed by atoms with Crippen LogP contribution in [0.2, 0.25) is 0 Å². The minimum atomic E-state index is -0.858. The number of carbonyl (C=O) groups is 2. The molecule has 0 N–H and O–H groups in total. The van der Waals surface area contributed by atoms with E-state index in [-0.39, 0.29) is 13.2 Å². The smallest absolute Gasteiger partial charge is 0.343 e. The Balaban J connectivity index is 1.73. The van der Waals surface area contributed by atoms with Crippen LogP contribution >= 0.6 is 0 Å². The number of benzene rings is 2. The van der Waals surface area contributed by atoms with E-state index >= 15 is 0 Å². The zero-order valence-electron chi connectivity index (χ0n) is 15.0. The normalized spacial score (nSPS) is 10.4. The summed E-state index contributed by atoms with van der Waals surface area (Å²) in [6, 6.07) is 15.3. The van der Waals surface area contributed by atoms with Gasteiger partial charge in [-0.25, -0.2) is 9.59 Å². The molecule has 2 aromatic carbocycles. The molecule has 2 rings (SSSR count). The van der Waals surface area contributed by atoms with Gasteiger partial charge in [-0.2, -0.15) is 0 Å². The monoisotopic (exact) mass is 385 g/mol. The lowest BCUT2D eigenvalue weighted by Gasteiger charge is -2.04.